The molecule has 0 bridgehead atoms. The van der Waals surface area contributed by atoms with E-state index in [2.05, 4.69) is 0 Å². The number of carboxylic acids is 1. The summed E-state index contributed by atoms with van der Waals surface area (Å²) in [5, 5.41) is 9.57. The van der Waals surface area contributed by atoms with Gasteiger partial charge in [0.05, 0.1) is 10.6 Å². The molecular formula is C14H9Cl2FO3. The largest absolute Gasteiger partial charge is 0.487 e. The van der Waals surface area contributed by atoms with Gasteiger partial charge < -0.3 is 9.84 Å². The molecule has 0 radical (unpaired) electrons. The Morgan fingerprint density at radius 1 is 1.25 bits per heavy atom. The van der Waals surface area contributed by atoms with Crippen LogP contribution in [0.5, 0.6) is 5.75 Å². The maximum absolute atomic E-state index is 13.2. The van der Waals surface area contributed by atoms with Gasteiger partial charge in [-0.05, 0) is 30.3 Å². The zero-order valence-electron chi connectivity index (χ0n) is 10.1. The van der Waals surface area contributed by atoms with Crippen LogP contribution < -0.4 is 4.74 Å². The highest BCUT2D eigenvalue weighted by Crippen LogP contribution is 2.32. The first-order valence-corrected chi connectivity index (χ1v) is 6.33. The predicted octanol–water partition coefficient (Wildman–Crippen LogP) is 4.41. The van der Waals surface area contributed by atoms with E-state index in [9.17, 15) is 9.18 Å². The van der Waals surface area contributed by atoms with Crippen molar-refractivity contribution >= 4 is 29.2 Å². The van der Waals surface area contributed by atoms with E-state index in [4.69, 9.17) is 33.0 Å². The quantitative estimate of drug-likeness (QED) is 0.909. The average molecular weight is 315 g/mol. The lowest BCUT2D eigenvalue weighted by Gasteiger charge is -2.10. The normalized spacial score (nSPS) is 10.3. The zero-order valence-corrected chi connectivity index (χ0v) is 11.6. The van der Waals surface area contributed by atoms with Gasteiger partial charge in [0.15, 0.2) is 0 Å². The van der Waals surface area contributed by atoms with Crippen molar-refractivity contribution in [3.63, 3.8) is 0 Å². The maximum Gasteiger partial charge on any atom is 0.336 e. The van der Waals surface area contributed by atoms with Crippen LogP contribution in [0.25, 0.3) is 0 Å². The van der Waals surface area contributed by atoms with Gasteiger partial charge in [-0.15, -0.1) is 0 Å². The van der Waals surface area contributed by atoms with Gasteiger partial charge in [-0.25, -0.2) is 9.18 Å². The van der Waals surface area contributed by atoms with Gasteiger partial charge in [-0.2, -0.15) is 0 Å². The Morgan fingerprint density at radius 2 is 2.00 bits per heavy atom. The van der Waals surface area contributed by atoms with E-state index in [1.165, 1.54) is 6.07 Å². The van der Waals surface area contributed by atoms with E-state index >= 15 is 0 Å². The van der Waals surface area contributed by atoms with Gasteiger partial charge >= 0.3 is 5.97 Å². The Morgan fingerprint density at radius 3 is 2.70 bits per heavy atom. The minimum atomic E-state index is -1.15. The molecule has 0 unspecified atom stereocenters. The standard InChI is InChI=1S/C14H9Cl2FO3/c15-11-2-1-3-12(13(11)16)20-7-8-6-9(17)4-5-10(8)14(18)19/h1-6H,7H2,(H,18,19). The highest BCUT2D eigenvalue weighted by atomic mass is 35.5. The second-order valence-corrected chi connectivity index (χ2v) is 4.73. The third-order valence-corrected chi connectivity index (χ3v) is 3.40. The van der Waals surface area contributed by atoms with Crippen LogP contribution in [0.15, 0.2) is 36.4 Å². The molecule has 20 heavy (non-hydrogen) atoms. The Bertz CT molecular complexity index is 659. The summed E-state index contributed by atoms with van der Waals surface area (Å²) in [6.07, 6.45) is 0. The zero-order chi connectivity index (χ0) is 14.7. The average Bonchev–Trinajstić information content (AvgIpc) is 2.40. The van der Waals surface area contributed by atoms with E-state index in [1.54, 1.807) is 18.2 Å². The molecule has 3 nitrogen and oxygen atoms in total. The van der Waals surface area contributed by atoms with E-state index < -0.39 is 11.8 Å². The van der Waals surface area contributed by atoms with Crippen LogP contribution in [0.3, 0.4) is 0 Å². The van der Waals surface area contributed by atoms with E-state index in [0.29, 0.717) is 10.8 Å². The third-order valence-electron chi connectivity index (χ3n) is 2.60. The molecule has 0 aliphatic carbocycles. The van der Waals surface area contributed by atoms with Crippen LogP contribution in [0.2, 0.25) is 10.0 Å². The molecule has 0 atom stereocenters. The summed E-state index contributed by atoms with van der Waals surface area (Å²) >= 11 is 11.8. The van der Waals surface area contributed by atoms with Gasteiger partial charge in [-0.3, -0.25) is 0 Å². The summed E-state index contributed by atoms with van der Waals surface area (Å²) in [6.45, 7) is -0.126. The highest BCUT2D eigenvalue weighted by molar-refractivity contribution is 6.42. The first-order chi connectivity index (χ1) is 9.49. The second kappa shape index (κ2) is 6.11. The lowest BCUT2D eigenvalue weighted by molar-refractivity contribution is 0.0694. The smallest absolute Gasteiger partial charge is 0.336 e. The first-order valence-electron chi connectivity index (χ1n) is 5.57. The molecule has 1 N–H and O–H groups in total. The van der Waals surface area contributed by atoms with Crippen molar-refractivity contribution in [1.29, 1.82) is 0 Å². The van der Waals surface area contributed by atoms with Gasteiger partial charge in [0.1, 0.15) is 23.2 Å². The number of ether oxygens (including phenoxy) is 1. The van der Waals surface area contributed by atoms with E-state index in [0.717, 1.165) is 12.1 Å². The number of halogens is 3. The first kappa shape index (κ1) is 14.6. The fraction of sp³-hybridized carbons (Fsp3) is 0.0714. The molecule has 0 amide bonds. The van der Waals surface area contributed by atoms with E-state index in [1.807, 2.05) is 0 Å². The molecule has 0 spiro atoms. The summed E-state index contributed by atoms with van der Waals surface area (Å²) in [6, 6.07) is 8.22. The monoisotopic (exact) mass is 314 g/mol. The lowest BCUT2D eigenvalue weighted by Crippen LogP contribution is -2.06. The second-order valence-electron chi connectivity index (χ2n) is 3.95. The lowest BCUT2D eigenvalue weighted by atomic mass is 10.1. The van der Waals surface area contributed by atoms with Crippen molar-refractivity contribution in [2.75, 3.05) is 0 Å². The minimum Gasteiger partial charge on any atom is -0.487 e. The van der Waals surface area contributed by atoms with Crippen molar-refractivity contribution in [1.82, 2.24) is 0 Å². The molecule has 0 aromatic heterocycles. The van der Waals surface area contributed by atoms with E-state index in [-0.39, 0.29) is 22.8 Å². The Labute approximate surface area is 124 Å². The summed E-state index contributed by atoms with van der Waals surface area (Å²) in [4.78, 5) is 11.0. The molecule has 0 fully saturated rings. The Kier molecular flexibility index (Phi) is 4.47. The minimum absolute atomic E-state index is 0.0236. The molecule has 104 valence electrons. The van der Waals surface area contributed by atoms with Crippen LogP contribution in [0.4, 0.5) is 4.39 Å². The van der Waals surface area contributed by atoms with Gasteiger partial charge in [0, 0.05) is 5.56 Å². The fourth-order valence-corrected chi connectivity index (χ4v) is 1.99. The topological polar surface area (TPSA) is 46.5 Å². The fourth-order valence-electron chi connectivity index (χ4n) is 1.64. The molecule has 0 heterocycles. The number of carboxylic acid groups (broad SMARTS) is 1. The number of aromatic carboxylic acids is 1. The summed E-state index contributed by atoms with van der Waals surface area (Å²) < 4.78 is 18.6. The molecule has 6 heteroatoms. The van der Waals surface area contributed by atoms with Crippen molar-refractivity contribution in [3.05, 3.63) is 63.4 Å². The SMILES string of the molecule is O=C(O)c1ccc(F)cc1COc1cccc(Cl)c1Cl. The number of benzene rings is 2. The molecule has 0 saturated heterocycles. The highest BCUT2D eigenvalue weighted by Gasteiger charge is 2.13. The van der Waals surface area contributed by atoms with Crippen molar-refractivity contribution in [2.24, 2.45) is 0 Å². The predicted molar refractivity (Wildman–Crippen MR) is 74.2 cm³/mol. The van der Waals surface area contributed by atoms with Crippen molar-refractivity contribution < 1.29 is 19.0 Å². The third kappa shape index (κ3) is 3.21. The Hall–Kier alpha value is -1.78. The number of carbonyl (C=O) groups is 1. The van der Waals surface area contributed by atoms with Crippen LogP contribution in [0.1, 0.15) is 15.9 Å². The molecule has 0 aliphatic rings. The van der Waals surface area contributed by atoms with Gasteiger partial charge in [0.25, 0.3) is 0 Å². The molecular weight excluding hydrogens is 306 g/mol. The summed E-state index contributed by atoms with van der Waals surface area (Å²) in [5.41, 5.74) is 0.193. The number of hydrogen-bond donors (Lipinski definition) is 1. The number of hydrogen-bond acceptors (Lipinski definition) is 2. The molecule has 2 aromatic rings. The summed E-state index contributed by atoms with van der Waals surface area (Å²) in [5.74, 6) is -1.38. The van der Waals surface area contributed by atoms with Crippen LogP contribution >= 0.6 is 23.2 Å². The van der Waals surface area contributed by atoms with Gasteiger partial charge in [-0.1, -0.05) is 29.3 Å². The van der Waals surface area contributed by atoms with Crippen LogP contribution in [0, 0.1) is 5.82 Å². The van der Waals surface area contributed by atoms with Crippen molar-refractivity contribution in [2.45, 2.75) is 6.61 Å². The molecule has 0 saturated carbocycles. The maximum atomic E-state index is 13.2. The Balaban J connectivity index is 2.24. The summed E-state index contributed by atoms with van der Waals surface area (Å²) in [7, 11) is 0. The van der Waals surface area contributed by atoms with Crippen molar-refractivity contribution in [3.8, 4) is 5.75 Å². The van der Waals surface area contributed by atoms with Gasteiger partial charge in [0.2, 0.25) is 0 Å². The van der Waals surface area contributed by atoms with Crippen LogP contribution in [-0.2, 0) is 6.61 Å². The molecule has 0 aliphatic heterocycles. The van der Waals surface area contributed by atoms with Crippen LogP contribution in [-0.4, -0.2) is 11.1 Å². The molecule has 2 rings (SSSR count). The molecule has 2 aromatic carbocycles. The number of rotatable bonds is 4.